The topological polar surface area (TPSA) is 55.2 Å². The van der Waals surface area contributed by atoms with Crippen LogP contribution in [0.4, 0.5) is 11.4 Å². The molecule has 17 heavy (non-hydrogen) atoms. The summed E-state index contributed by atoms with van der Waals surface area (Å²) < 4.78 is 0. The van der Waals surface area contributed by atoms with Crippen molar-refractivity contribution in [2.24, 2.45) is 0 Å². The lowest BCUT2D eigenvalue weighted by molar-refractivity contribution is -0.384. The van der Waals surface area contributed by atoms with Gasteiger partial charge in [-0.05, 0) is 25.7 Å². The summed E-state index contributed by atoms with van der Waals surface area (Å²) in [6.45, 7) is 5.90. The van der Waals surface area contributed by atoms with Crippen LogP contribution in [-0.4, -0.2) is 22.5 Å². The highest BCUT2D eigenvalue weighted by Crippen LogP contribution is 2.28. The summed E-state index contributed by atoms with van der Waals surface area (Å²) in [5.74, 6) is 2.00. The molecule has 0 radical (unpaired) electrons. The number of hydrogen-bond donors (Lipinski definition) is 1. The van der Waals surface area contributed by atoms with Crippen molar-refractivity contribution in [1.82, 2.24) is 0 Å². The number of rotatable bonds is 6. The lowest BCUT2D eigenvalue weighted by atomic mass is 10.1. The molecule has 0 aliphatic carbocycles. The Morgan fingerprint density at radius 2 is 2.24 bits per heavy atom. The van der Waals surface area contributed by atoms with Gasteiger partial charge in [0.25, 0.3) is 5.69 Å². The van der Waals surface area contributed by atoms with Gasteiger partial charge >= 0.3 is 0 Å². The maximum atomic E-state index is 11.0. The van der Waals surface area contributed by atoms with Gasteiger partial charge in [-0.3, -0.25) is 10.1 Å². The fourth-order valence-electron chi connectivity index (χ4n) is 1.62. The van der Waals surface area contributed by atoms with Crippen molar-refractivity contribution in [3.05, 3.63) is 33.9 Å². The van der Waals surface area contributed by atoms with E-state index >= 15 is 0 Å². The first-order valence-corrected chi connectivity index (χ1v) is 6.80. The molecule has 1 N–H and O–H groups in total. The number of hydrogen-bond acceptors (Lipinski definition) is 4. The largest absolute Gasteiger partial charge is 0.376 e. The summed E-state index contributed by atoms with van der Waals surface area (Å²) in [5.41, 5.74) is 1.48. The third kappa shape index (κ3) is 3.93. The van der Waals surface area contributed by atoms with Crippen LogP contribution in [0, 0.1) is 17.0 Å². The Morgan fingerprint density at radius 1 is 1.53 bits per heavy atom. The quantitative estimate of drug-likeness (QED) is 0.624. The Hall–Kier alpha value is -1.23. The summed E-state index contributed by atoms with van der Waals surface area (Å²) in [7, 11) is 0. The third-order valence-electron chi connectivity index (χ3n) is 2.39. The zero-order chi connectivity index (χ0) is 12.8. The van der Waals surface area contributed by atoms with Crippen LogP contribution in [0.3, 0.4) is 0 Å². The Bertz CT molecular complexity index is 396. The van der Waals surface area contributed by atoms with E-state index in [0.29, 0.717) is 11.3 Å². The van der Waals surface area contributed by atoms with E-state index in [4.69, 9.17) is 0 Å². The van der Waals surface area contributed by atoms with Gasteiger partial charge in [-0.1, -0.05) is 19.1 Å². The number of nitro benzene ring substituents is 1. The number of nitro groups is 1. The van der Waals surface area contributed by atoms with Crippen molar-refractivity contribution in [2.75, 3.05) is 16.8 Å². The van der Waals surface area contributed by atoms with Gasteiger partial charge in [0.2, 0.25) is 0 Å². The summed E-state index contributed by atoms with van der Waals surface area (Å²) in [6.07, 6.45) is 0. The van der Waals surface area contributed by atoms with Crippen molar-refractivity contribution < 1.29 is 4.92 Å². The lowest BCUT2D eigenvalue weighted by Crippen LogP contribution is -2.19. The van der Waals surface area contributed by atoms with Gasteiger partial charge in [0, 0.05) is 17.4 Å². The molecule has 1 aromatic rings. The van der Waals surface area contributed by atoms with Crippen LogP contribution in [0.2, 0.25) is 0 Å². The third-order valence-corrected chi connectivity index (χ3v) is 3.54. The number of benzene rings is 1. The van der Waals surface area contributed by atoms with E-state index in [9.17, 15) is 10.1 Å². The monoisotopic (exact) mass is 254 g/mol. The fraction of sp³-hybridized carbons (Fsp3) is 0.500. The first-order chi connectivity index (χ1) is 8.06. The van der Waals surface area contributed by atoms with Gasteiger partial charge in [0.15, 0.2) is 0 Å². The summed E-state index contributed by atoms with van der Waals surface area (Å²) in [4.78, 5) is 10.7. The van der Waals surface area contributed by atoms with Crippen LogP contribution in [0.25, 0.3) is 0 Å². The number of para-hydroxylation sites is 1. The minimum atomic E-state index is -0.322. The molecule has 1 atom stereocenters. The second-order valence-electron chi connectivity index (χ2n) is 3.93. The average Bonchev–Trinajstić information content (AvgIpc) is 2.25. The molecular weight excluding hydrogens is 236 g/mol. The maximum absolute atomic E-state index is 11.0. The zero-order valence-electron chi connectivity index (χ0n) is 10.4. The second kappa shape index (κ2) is 6.49. The average molecular weight is 254 g/mol. The van der Waals surface area contributed by atoms with Crippen molar-refractivity contribution >= 4 is 23.1 Å². The normalized spacial score (nSPS) is 12.2. The number of nitrogens with one attached hydrogen (secondary N) is 1. The predicted octanol–water partition coefficient (Wildman–Crippen LogP) is 3.46. The minimum absolute atomic E-state index is 0.181. The Morgan fingerprint density at radius 3 is 2.82 bits per heavy atom. The van der Waals surface area contributed by atoms with Crippen LogP contribution >= 0.6 is 11.8 Å². The van der Waals surface area contributed by atoms with E-state index in [-0.39, 0.29) is 16.7 Å². The first-order valence-electron chi connectivity index (χ1n) is 5.64. The molecule has 1 rings (SSSR count). The molecule has 0 amide bonds. The molecule has 0 saturated carbocycles. The van der Waals surface area contributed by atoms with Crippen molar-refractivity contribution in [2.45, 2.75) is 26.8 Å². The molecule has 0 spiro atoms. The van der Waals surface area contributed by atoms with Crippen molar-refractivity contribution in [3.63, 3.8) is 0 Å². The smallest absolute Gasteiger partial charge is 0.295 e. The molecule has 0 heterocycles. The molecule has 0 aliphatic heterocycles. The molecule has 0 fully saturated rings. The number of nitrogens with zero attached hydrogens (tertiary/aromatic N) is 1. The van der Waals surface area contributed by atoms with Crippen LogP contribution in [0.1, 0.15) is 19.4 Å². The van der Waals surface area contributed by atoms with E-state index in [1.807, 2.05) is 24.8 Å². The highest BCUT2D eigenvalue weighted by Gasteiger charge is 2.17. The fourth-order valence-corrected chi connectivity index (χ4v) is 2.29. The Labute approximate surface area is 106 Å². The summed E-state index contributed by atoms with van der Waals surface area (Å²) in [6, 6.07) is 5.58. The molecule has 4 nitrogen and oxygen atoms in total. The summed E-state index contributed by atoms with van der Waals surface area (Å²) >= 11 is 1.82. The minimum Gasteiger partial charge on any atom is -0.376 e. The number of thioether (sulfide) groups is 1. The van der Waals surface area contributed by atoms with Crippen LogP contribution in [-0.2, 0) is 0 Å². The lowest BCUT2D eigenvalue weighted by Gasteiger charge is -2.15. The molecule has 0 saturated heterocycles. The molecule has 0 bridgehead atoms. The summed E-state index contributed by atoms with van der Waals surface area (Å²) in [5, 5.41) is 14.2. The van der Waals surface area contributed by atoms with Crippen molar-refractivity contribution in [3.8, 4) is 0 Å². The van der Waals surface area contributed by atoms with E-state index in [1.165, 1.54) is 0 Å². The molecule has 1 unspecified atom stereocenters. The predicted molar refractivity (Wildman–Crippen MR) is 73.9 cm³/mol. The van der Waals surface area contributed by atoms with E-state index < -0.39 is 0 Å². The number of aryl methyl sites for hydroxylation is 1. The Balaban J connectivity index is 2.83. The van der Waals surface area contributed by atoms with Gasteiger partial charge in [-0.25, -0.2) is 0 Å². The molecule has 0 aliphatic rings. The first kappa shape index (κ1) is 13.8. The van der Waals surface area contributed by atoms with Crippen molar-refractivity contribution in [1.29, 1.82) is 0 Å². The van der Waals surface area contributed by atoms with Crippen LogP contribution in [0.5, 0.6) is 0 Å². The SMILES string of the molecule is CCSCC(C)Nc1cccc(C)c1[N+](=O)[O-]. The van der Waals surface area contributed by atoms with Gasteiger partial charge in [0.05, 0.1) is 4.92 Å². The van der Waals surface area contributed by atoms with E-state index in [0.717, 1.165) is 11.5 Å². The van der Waals surface area contributed by atoms with Gasteiger partial charge < -0.3 is 5.32 Å². The second-order valence-corrected chi connectivity index (χ2v) is 5.25. The molecule has 5 heteroatoms. The molecule has 94 valence electrons. The highest BCUT2D eigenvalue weighted by atomic mass is 32.2. The molecular formula is C12H18N2O2S. The van der Waals surface area contributed by atoms with Gasteiger partial charge in [-0.2, -0.15) is 11.8 Å². The van der Waals surface area contributed by atoms with Gasteiger partial charge in [-0.15, -0.1) is 0 Å². The highest BCUT2D eigenvalue weighted by molar-refractivity contribution is 7.99. The maximum Gasteiger partial charge on any atom is 0.295 e. The Kier molecular flexibility index (Phi) is 5.28. The molecule has 0 aromatic heterocycles. The van der Waals surface area contributed by atoms with E-state index in [2.05, 4.69) is 12.2 Å². The van der Waals surface area contributed by atoms with Gasteiger partial charge in [0.1, 0.15) is 5.69 Å². The standard InChI is InChI=1S/C12H18N2O2S/c1-4-17-8-10(3)13-11-7-5-6-9(2)12(11)14(15)16/h5-7,10,13H,4,8H2,1-3H3. The number of anilines is 1. The van der Waals surface area contributed by atoms with E-state index in [1.54, 1.807) is 19.1 Å². The molecule has 1 aromatic carbocycles. The van der Waals surface area contributed by atoms with Crippen LogP contribution < -0.4 is 5.32 Å². The zero-order valence-corrected chi connectivity index (χ0v) is 11.2. The van der Waals surface area contributed by atoms with Crippen LogP contribution in [0.15, 0.2) is 18.2 Å².